The van der Waals surface area contributed by atoms with Crippen molar-refractivity contribution in [1.82, 2.24) is 4.98 Å². The number of carbonyl (C=O) groups excluding carboxylic acids is 1. The van der Waals surface area contributed by atoms with Crippen LogP contribution in [0.5, 0.6) is 0 Å². The third-order valence-corrected chi connectivity index (χ3v) is 3.69. The van der Waals surface area contributed by atoms with Crippen LogP contribution in [-0.4, -0.2) is 36.8 Å². The monoisotopic (exact) mass is 328 g/mol. The number of aryl methyl sites for hydroxylation is 1. The summed E-state index contributed by atoms with van der Waals surface area (Å²) < 4.78 is 11.7. The van der Waals surface area contributed by atoms with Crippen LogP contribution in [-0.2, 0) is 14.3 Å². The van der Waals surface area contributed by atoms with Gasteiger partial charge < -0.3 is 14.8 Å². The largest absolute Gasteiger partial charge is 0.376 e. The van der Waals surface area contributed by atoms with Crippen molar-refractivity contribution in [2.24, 2.45) is 0 Å². The first kappa shape index (κ1) is 14.4. The van der Waals surface area contributed by atoms with Crippen LogP contribution in [0.25, 0.3) is 0 Å². The molecule has 0 aromatic carbocycles. The Balaban J connectivity index is 1.72. The molecule has 0 spiro atoms. The van der Waals surface area contributed by atoms with Gasteiger partial charge in [0.2, 0.25) is 0 Å². The third kappa shape index (κ3) is 4.56. The van der Waals surface area contributed by atoms with Crippen LogP contribution in [0.4, 0.5) is 5.82 Å². The van der Waals surface area contributed by atoms with Gasteiger partial charge in [-0.3, -0.25) is 4.79 Å². The number of halogens is 1. The number of ether oxygens (including phenoxy) is 2. The summed E-state index contributed by atoms with van der Waals surface area (Å²) >= 11 is 3.36. The van der Waals surface area contributed by atoms with Crippen LogP contribution in [0.1, 0.15) is 18.5 Å². The van der Waals surface area contributed by atoms with Crippen molar-refractivity contribution in [2.45, 2.75) is 25.9 Å². The lowest BCUT2D eigenvalue weighted by Crippen LogP contribution is -2.23. The van der Waals surface area contributed by atoms with Crippen molar-refractivity contribution in [3.63, 3.8) is 0 Å². The smallest absolute Gasteiger partial charge is 0.251 e. The summed E-state index contributed by atoms with van der Waals surface area (Å²) in [6, 6.07) is 3.60. The van der Waals surface area contributed by atoms with Crippen molar-refractivity contribution in [3.05, 3.63) is 22.3 Å². The summed E-state index contributed by atoms with van der Waals surface area (Å²) in [7, 11) is 0. The lowest BCUT2D eigenvalue weighted by Gasteiger charge is -2.10. The summed E-state index contributed by atoms with van der Waals surface area (Å²) in [5, 5.41) is 2.70. The van der Waals surface area contributed by atoms with Crippen LogP contribution < -0.4 is 5.32 Å². The summed E-state index contributed by atoms with van der Waals surface area (Å²) in [6.07, 6.45) is 2.22. The minimum atomic E-state index is -0.202. The van der Waals surface area contributed by atoms with E-state index < -0.39 is 0 Å². The molecule has 6 heteroatoms. The molecule has 1 aromatic heterocycles. The topological polar surface area (TPSA) is 60.5 Å². The predicted molar refractivity (Wildman–Crippen MR) is 75.1 cm³/mol. The van der Waals surface area contributed by atoms with Gasteiger partial charge >= 0.3 is 0 Å². The first-order valence-corrected chi connectivity index (χ1v) is 7.07. The zero-order chi connectivity index (χ0) is 13.7. The van der Waals surface area contributed by atoms with Gasteiger partial charge in [0, 0.05) is 11.1 Å². The maximum atomic E-state index is 11.7. The van der Waals surface area contributed by atoms with Gasteiger partial charge in [0.05, 0.1) is 18.4 Å². The molecule has 19 heavy (non-hydrogen) atoms. The molecule has 1 fully saturated rings. The molecule has 5 nitrogen and oxygen atoms in total. The second kappa shape index (κ2) is 6.98. The van der Waals surface area contributed by atoms with Crippen LogP contribution >= 0.6 is 15.9 Å². The molecule has 1 aliphatic rings. The van der Waals surface area contributed by atoms with E-state index in [4.69, 9.17) is 9.47 Å². The number of anilines is 1. The molecule has 2 heterocycles. The number of rotatable bonds is 5. The van der Waals surface area contributed by atoms with Crippen LogP contribution in [0.15, 0.2) is 16.6 Å². The molecule has 0 unspecified atom stereocenters. The average molecular weight is 329 g/mol. The maximum absolute atomic E-state index is 11.7. The van der Waals surface area contributed by atoms with Gasteiger partial charge in [0.1, 0.15) is 12.4 Å². The number of hydrogen-bond donors (Lipinski definition) is 1. The van der Waals surface area contributed by atoms with Crippen LogP contribution in [0, 0.1) is 6.92 Å². The van der Waals surface area contributed by atoms with E-state index >= 15 is 0 Å². The van der Waals surface area contributed by atoms with E-state index in [1.54, 1.807) is 6.07 Å². The molecule has 104 valence electrons. The SMILES string of the molecule is Cc1nc(NC(=O)COC[C@H]2CCCO2)ccc1Br. The van der Waals surface area contributed by atoms with Gasteiger partial charge in [-0.25, -0.2) is 4.98 Å². The number of carbonyl (C=O) groups is 1. The molecule has 1 aromatic rings. The van der Waals surface area contributed by atoms with Crippen LogP contribution in [0.2, 0.25) is 0 Å². The molecule has 0 saturated carbocycles. The van der Waals surface area contributed by atoms with E-state index in [0.717, 1.165) is 29.6 Å². The molecule has 1 aliphatic heterocycles. The fourth-order valence-electron chi connectivity index (χ4n) is 1.85. The van der Waals surface area contributed by atoms with Crippen molar-refractivity contribution >= 4 is 27.7 Å². The van der Waals surface area contributed by atoms with E-state index in [2.05, 4.69) is 26.2 Å². The molecule has 1 atom stereocenters. The maximum Gasteiger partial charge on any atom is 0.251 e. The van der Waals surface area contributed by atoms with Gasteiger partial charge in [-0.1, -0.05) is 0 Å². The summed E-state index contributed by atoms with van der Waals surface area (Å²) in [5.74, 6) is 0.332. The van der Waals surface area contributed by atoms with Gasteiger partial charge in [0.15, 0.2) is 0 Å². The average Bonchev–Trinajstić information content (AvgIpc) is 2.87. The first-order valence-electron chi connectivity index (χ1n) is 6.27. The Morgan fingerprint density at radius 2 is 2.47 bits per heavy atom. The van der Waals surface area contributed by atoms with Crippen molar-refractivity contribution in [2.75, 3.05) is 25.1 Å². The summed E-state index contributed by atoms with van der Waals surface area (Å²) in [5.41, 5.74) is 0.832. The van der Waals surface area contributed by atoms with Crippen molar-refractivity contribution in [1.29, 1.82) is 0 Å². The Bertz CT molecular complexity index is 448. The normalized spacial score (nSPS) is 18.5. The van der Waals surface area contributed by atoms with Gasteiger partial charge in [-0.2, -0.15) is 0 Å². The molecule has 1 N–H and O–H groups in total. The lowest BCUT2D eigenvalue weighted by atomic mass is 10.2. The molecule has 0 aliphatic carbocycles. The zero-order valence-corrected chi connectivity index (χ0v) is 12.4. The molecule has 1 amide bonds. The van der Waals surface area contributed by atoms with Crippen molar-refractivity contribution in [3.8, 4) is 0 Å². The highest BCUT2D eigenvalue weighted by Gasteiger charge is 2.16. The summed E-state index contributed by atoms with van der Waals surface area (Å²) in [6.45, 7) is 3.16. The number of pyridine rings is 1. The van der Waals surface area contributed by atoms with E-state index in [0.29, 0.717) is 12.4 Å². The standard InChI is InChI=1S/C13H17BrN2O3/c1-9-11(14)4-5-12(15-9)16-13(17)8-18-7-10-3-2-6-19-10/h4-5,10H,2-3,6-8H2,1H3,(H,15,16,17)/t10-/m1/s1. The van der Waals surface area contributed by atoms with Gasteiger partial charge in [0.25, 0.3) is 5.91 Å². The Kier molecular flexibility index (Phi) is 5.30. The highest BCUT2D eigenvalue weighted by Crippen LogP contribution is 2.16. The number of nitrogens with zero attached hydrogens (tertiary/aromatic N) is 1. The van der Waals surface area contributed by atoms with Gasteiger partial charge in [-0.15, -0.1) is 0 Å². The van der Waals surface area contributed by atoms with E-state index in [-0.39, 0.29) is 18.6 Å². The van der Waals surface area contributed by atoms with E-state index in [9.17, 15) is 4.79 Å². The minimum absolute atomic E-state index is 0.0245. The number of hydrogen-bond acceptors (Lipinski definition) is 4. The summed E-state index contributed by atoms with van der Waals surface area (Å²) in [4.78, 5) is 15.9. The lowest BCUT2D eigenvalue weighted by molar-refractivity contribution is -0.121. The van der Waals surface area contributed by atoms with Crippen molar-refractivity contribution < 1.29 is 14.3 Å². The van der Waals surface area contributed by atoms with E-state index in [1.807, 2.05) is 13.0 Å². The number of amides is 1. The van der Waals surface area contributed by atoms with Gasteiger partial charge in [-0.05, 0) is 47.8 Å². The Morgan fingerprint density at radius 3 is 3.16 bits per heavy atom. The van der Waals surface area contributed by atoms with Crippen LogP contribution in [0.3, 0.4) is 0 Å². The highest BCUT2D eigenvalue weighted by atomic mass is 79.9. The predicted octanol–water partition coefficient (Wildman–Crippen LogP) is 2.29. The first-order chi connectivity index (χ1) is 9.15. The zero-order valence-electron chi connectivity index (χ0n) is 10.8. The molecule has 0 radical (unpaired) electrons. The molecule has 0 bridgehead atoms. The Labute approximate surface area is 120 Å². The molecule has 1 saturated heterocycles. The number of aromatic nitrogens is 1. The molecular weight excluding hydrogens is 312 g/mol. The fraction of sp³-hybridized carbons (Fsp3) is 0.538. The Hall–Kier alpha value is -0.980. The molecular formula is C13H17BrN2O3. The fourth-order valence-corrected chi connectivity index (χ4v) is 2.07. The molecule has 2 rings (SSSR count). The van der Waals surface area contributed by atoms with E-state index in [1.165, 1.54) is 0 Å². The quantitative estimate of drug-likeness (QED) is 0.900. The Morgan fingerprint density at radius 1 is 1.63 bits per heavy atom. The second-order valence-corrected chi connectivity index (χ2v) is 5.32. The minimum Gasteiger partial charge on any atom is -0.376 e. The second-order valence-electron chi connectivity index (χ2n) is 4.46. The highest BCUT2D eigenvalue weighted by molar-refractivity contribution is 9.10. The number of nitrogens with one attached hydrogen (secondary N) is 1. The third-order valence-electron chi connectivity index (χ3n) is 2.85.